The first-order chi connectivity index (χ1) is 19.3. The Morgan fingerprint density at radius 1 is 1.25 bits per heavy atom. The van der Waals surface area contributed by atoms with Crippen molar-refractivity contribution in [1.29, 1.82) is 0 Å². The van der Waals surface area contributed by atoms with E-state index in [-0.39, 0.29) is 42.5 Å². The Kier molecular flexibility index (Phi) is 9.19. The van der Waals surface area contributed by atoms with Crippen molar-refractivity contribution in [3.05, 3.63) is 77.7 Å². The molecule has 3 amide bonds. The molecule has 0 saturated carbocycles. The summed E-state index contributed by atoms with van der Waals surface area (Å²) in [5, 5.41) is 12.8. The maximum atomic E-state index is 13.6. The number of nitrogens with zero attached hydrogens (tertiary/aromatic N) is 4. The molecule has 0 bridgehead atoms. The predicted molar refractivity (Wildman–Crippen MR) is 150 cm³/mol. The lowest BCUT2D eigenvalue weighted by atomic mass is 10.00. The van der Waals surface area contributed by atoms with Crippen molar-refractivity contribution >= 4 is 17.6 Å². The van der Waals surface area contributed by atoms with Crippen LogP contribution in [0.2, 0.25) is 0 Å². The van der Waals surface area contributed by atoms with Crippen molar-refractivity contribution in [1.82, 2.24) is 19.8 Å². The van der Waals surface area contributed by atoms with Gasteiger partial charge in [-0.15, -0.1) is 0 Å². The van der Waals surface area contributed by atoms with Gasteiger partial charge >= 0.3 is 6.03 Å². The van der Waals surface area contributed by atoms with Gasteiger partial charge in [0.25, 0.3) is 5.91 Å². The van der Waals surface area contributed by atoms with Crippen LogP contribution >= 0.6 is 0 Å². The van der Waals surface area contributed by atoms with Gasteiger partial charge in [-0.1, -0.05) is 24.8 Å². The zero-order valence-electron chi connectivity index (χ0n) is 23.0. The summed E-state index contributed by atoms with van der Waals surface area (Å²) in [6, 6.07) is 11.6. The number of benzene rings is 1. The summed E-state index contributed by atoms with van der Waals surface area (Å²) < 4.78 is 11.5. The number of amides is 3. The van der Waals surface area contributed by atoms with Gasteiger partial charge in [0, 0.05) is 61.0 Å². The molecule has 208 valence electrons. The molecule has 0 fully saturated rings. The molecule has 1 aliphatic heterocycles. The molecule has 10 heteroatoms. The van der Waals surface area contributed by atoms with E-state index >= 15 is 0 Å². The Morgan fingerprint density at radius 2 is 2.05 bits per heavy atom. The van der Waals surface area contributed by atoms with Crippen molar-refractivity contribution in [2.75, 3.05) is 39.2 Å². The monoisotopic (exact) mass is 543 g/mol. The minimum atomic E-state index is -0.485. The normalized spacial score (nSPS) is 17.2. The number of aromatic nitrogens is 2. The summed E-state index contributed by atoms with van der Waals surface area (Å²) in [4.78, 5) is 38.2. The molecule has 1 aliphatic rings. The Bertz CT molecular complexity index is 1400. The van der Waals surface area contributed by atoms with E-state index in [0.29, 0.717) is 23.5 Å². The van der Waals surface area contributed by atoms with Gasteiger partial charge in [0.1, 0.15) is 17.4 Å². The highest BCUT2D eigenvalue weighted by molar-refractivity contribution is 5.97. The fourth-order valence-electron chi connectivity index (χ4n) is 4.24. The van der Waals surface area contributed by atoms with E-state index in [0.717, 1.165) is 5.56 Å². The fourth-order valence-corrected chi connectivity index (χ4v) is 4.24. The number of aliphatic hydroxyl groups is 1. The van der Waals surface area contributed by atoms with Crippen LogP contribution in [-0.4, -0.2) is 82.8 Å². The highest BCUT2D eigenvalue weighted by Gasteiger charge is 2.34. The van der Waals surface area contributed by atoms with Gasteiger partial charge in [0.15, 0.2) is 0 Å². The van der Waals surface area contributed by atoms with Gasteiger partial charge < -0.3 is 29.7 Å². The molecule has 10 nitrogen and oxygen atoms in total. The third-order valence-electron chi connectivity index (χ3n) is 6.66. The van der Waals surface area contributed by atoms with Gasteiger partial charge in [-0.25, -0.2) is 9.78 Å². The number of fused-ring (bicyclic) bond motifs is 1. The SMILES string of the molecule is COc1cccc(NC(=O)N(C)C[C@@H]2Oc3ncc(C#Cc4cccnc4)cc3C(=O)N([C@H](C)CO)C[C@H]2C)c1. The molecule has 0 radical (unpaired) electrons. The van der Waals surface area contributed by atoms with Gasteiger partial charge in [-0.05, 0) is 37.3 Å². The number of carbonyl (C=O) groups is 2. The number of anilines is 1. The lowest BCUT2D eigenvalue weighted by Crippen LogP contribution is -2.50. The summed E-state index contributed by atoms with van der Waals surface area (Å²) >= 11 is 0. The zero-order chi connectivity index (χ0) is 28.6. The smallest absolute Gasteiger partial charge is 0.321 e. The number of pyridine rings is 2. The number of methoxy groups -OCH3 is 1. The number of nitrogens with one attached hydrogen (secondary N) is 1. The fraction of sp³-hybridized carbons (Fsp3) is 0.333. The number of urea groups is 1. The number of carbonyl (C=O) groups excluding carboxylic acids is 2. The third-order valence-corrected chi connectivity index (χ3v) is 6.66. The van der Waals surface area contributed by atoms with Crippen LogP contribution < -0.4 is 14.8 Å². The van der Waals surface area contributed by atoms with Crippen LogP contribution in [0.25, 0.3) is 0 Å². The van der Waals surface area contributed by atoms with E-state index in [1.54, 1.807) is 81.0 Å². The first-order valence-corrected chi connectivity index (χ1v) is 13.0. The van der Waals surface area contributed by atoms with Crippen molar-refractivity contribution in [3.63, 3.8) is 0 Å². The van der Waals surface area contributed by atoms with Crippen LogP contribution in [0.15, 0.2) is 61.1 Å². The molecule has 2 N–H and O–H groups in total. The maximum absolute atomic E-state index is 13.6. The van der Waals surface area contributed by atoms with E-state index in [2.05, 4.69) is 27.1 Å². The minimum absolute atomic E-state index is 0.158. The summed E-state index contributed by atoms with van der Waals surface area (Å²) in [5.74, 6) is 6.36. The molecule has 0 saturated heterocycles. The number of ether oxygens (including phenoxy) is 2. The van der Waals surface area contributed by atoms with Crippen LogP contribution in [-0.2, 0) is 0 Å². The van der Waals surface area contributed by atoms with Gasteiger partial charge in [0.2, 0.25) is 5.88 Å². The molecule has 0 unspecified atom stereocenters. The summed E-state index contributed by atoms with van der Waals surface area (Å²) in [6.45, 7) is 4.09. The highest BCUT2D eigenvalue weighted by Crippen LogP contribution is 2.27. The Hall–Kier alpha value is -4.62. The largest absolute Gasteiger partial charge is 0.497 e. The topological polar surface area (TPSA) is 117 Å². The highest BCUT2D eigenvalue weighted by atomic mass is 16.5. The molecule has 4 rings (SSSR count). The lowest BCUT2D eigenvalue weighted by molar-refractivity contribution is 0.0356. The standard InChI is InChI=1S/C30H33N5O5/c1-20-17-35(21(2)19-36)29(37)26-13-23(11-10-22-7-6-12-31-15-22)16-32-28(26)40-27(20)18-34(3)30(38)33-24-8-5-9-25(14-24)39-4/h5-9,12-16,20-21,27,36H,17-19H2,1-4H3,(H,33,38)/t20-,21-,27+/m1/s1. The zero-order valence-corrected chi connectivity index (χ0v) is 23.0. The number of hydrogen-bond donors (Lipinski definition) is 2. The van der Waals surface area contributed by atoms with Crippen LogP contribution in [0.3, 0.4) is 0 Å². The van der Waals surface area contributed by atoms with E-state index in [9.17, 15) is 14.7 Å². The Labute approximate surface area is 234 Å². The second-order valence-electron chi connectivity index (χ2n) is 9.73. The quantitative estimate of drug-likeness (QED) is 0.459. The van der Waals surface area contributed by atoms with Crippen LogP contribution in [0, 0.1) is 17.8 Å². The molecule has 3 heterocycles. The summed E-state index contributed by atoms with van der Waals surface area (Å²) in [5.41, 5.74) is 2.12. The van der Waals surface area contributed by atoms with Crippen molar-refractivity contribution in [3.8, 4) is 23.5 Å². The average molecular weight is 544 g/mol. The van der Waals surface area contributed by atoms with Gasteiger partial charge in [-0.2, -0.15) is 0 Å². The number of aliphatic hydroxyl groups excluding tert-OH is 1. The lowest BCUT2D eigenvalue weighted by Gasteiger charge is -2.37. The first kappa shape index (κ1) is 28.4. The van der Waals surface area contributed by atoms with Crippen LogP contribution in [0.4, 0.5) is 10.5 Å². The molecule has 40 heavy (non-hydrogen) atoms. The van der Waals surface area contributed by atoms with Gasteiger partial charge in [-0.3, -0.25) is 9.78 Å². The van der Waals surface area contributed by atoms with Gasteiger partial charge in [0.05, 0.1) is 26.3 Å². The summed E-state index contributed by atoms with van der Waals surface area (Å²) in [6.07, 6.45) is 4.39. The molecular weight excluding hydrogens is 510 g/mol. The molecule has 0 aliphatic carbocycles. The van der Waals surface area contributed by atoms with Crippen molar-refractivity contribution in [2.45, 2.75) is 26.0 Å². The van der Waals surface area contributed by atoms with Crippen molar-refractivity contribution in [2.24, 2.45) is 5.92 Å². The number of likely N-dealkylation sites (N-methyl/N-ethyl adjacent to an activating group) is 1. The average Bonchev–Trinajstić information content (AvgIpc) is 2.98. The Balaban J connectivity index is 1.59. The minimum Gasteiger partial charge on any atom is -0.497 e. The molecular formula is C30H33N5O5. The van der Waals surface area contributed by atoms with Crippen LogP contribution in [0.1, 0.15) is 35.3 Å². The van der Waals surface area contributed by atoms with Crippen LogP contribution in [0.5, 0.6) is 11.6 Å². The molecule has 3 aromatic rings. The predicted octanol–water partition coefficient (Wildman–Crippen LogP) is 3.27. The molecule has 2 aromatic heterocycles. The second-order valence-corrected chi connectivity index (χ2v) is 9.73. The van der Waals surface area contributed by atoms with E-state index in [1.807, 2.05) is 13.0 Å². The maximum Gasteiger partial charge on any atom is 0.321 e. The van der Waals surface area contributed by atoms with E-state index in [1.165, 1.54) is 4.90 Å². The molecule has 3 atom stereocenters. The Morgan fingerprint density at radius 3 is 2.77 bits per heavy atom. The third kappa shape index (κ3) is 6.87. The van der Waals surface area contributed by atoms with E-state index in [4.69, 9.17) is 9.47 Å². The molecule has 1 aromatic carbocycles. The molecule has 0 spiro atoms. The second kappa shape index (κ2) is 13.0. The van der Waals surface area contributed by atoms with Crippen molar-refractivity contribution < 1.29 is 24.2 Å². The number of hydrogen-bond acceptors (Lipinski definition) is 7. The first-order valence-electron chi connectivity index (χ1n) is 13.0. The number of rotatable bonds is 6. The van der Waals surface area contributed by atoms with E-state index < -0.39 is 12.1 Å². The summed E-state index contributed by atoms with van der Waals surface area (Å²) in [7, 11) is 3.24.